The van der Waals surface area contributed by atoms with Gasteiger partial charge in [-0.05, 0) is 40.8 Å². The minimum absolute atomic E-state index is 0.348. The maximum Gasteiger partial charge on any atom is 0.339 e. The van der Waals surface area contributed by atoms with Crippen molar-refractivity contribution in [2.24, 2.45) is 0 Å². The summed E-state index contributed by atoms with van der Waals surface area (Å²) in [5.74, 6) is 0.754. The van der Waals surface area contributed by atoms with E-state index in [2.05, 4.69) is 26.0 Å². The van der Waals surface area contributed by atoms with Gasteiger partial charge in [0.15, 0.2) is 0 Å². The third kappa shape index (κ3) is 2.39. The first-order valence-electron chi connectivity index (χ1n) is 7.30. The van der Waals surface area contributed by atoms with Crippen molar-refractivity contribution in [2.75, 3.05) is 7.11 Å². The van der Waals surface area contributed by atoms with Crippen LogP contribution < -0.4 is 0 Å². The molecule has 0 spiro atoms. The zero-order valence-corrected chi connectivity index (χ0v) is 12.9. The Morgan fingerprint density at radius 3 is 2.50 bits per heavy atom. The summed E-state index contributed by atoms with van der Waals surface area (Å²) >= 11 is 0. The predicted octanol–water partition coefficient (Wildman–Crippen LogP) is 4.96. The number of esters is 1. The fourth-order valence-corrected chi connectivity index (χ4v) is 2.67. The van der Waals surface area contributed by atoms with Crippen LogP contribution in [0.25, 0.3) is 22.5 Å². The van der Waals surface area contributed by atoms with E-state index in [0.29, 0.717) is 17.2 Å². The summed E-state index contributed by atoms with van der Waals surface area (Å²) in [7, 11) is 1.40. The van der Waals surface area contributed by atoms with Gasteiger partial charge in [-0.25, -0.2) is 4.79 Å². The van der Waals surface area contributed by atoms with E-state index >= 15 is 0 Å². The van der Waals surface area contributed by atoms with Crippen LogP contribution in [-0.4, -0.2) is 13.1 Å². The van der Waals surface area contributed by atoms with Crippen molar-refractivity contribution < 1.29 is 13.9 Å². The van der Waals surface area contributed by atoms with Gasteiger partial charge in [0, 0.05) is 5.56 Å². The van der Waals surface area contributed by atoms with Crippen molar-refractivity contribution in [3.63, 3.8) is 0 Å². The highest BCUT2D eigenvalue weighted by Gasteiger charge is 2.24. The topological polar surface area (TPSA) is 39.4 Å². The lowest BCUT2D eigenvalue weighted by Crippen LogP contribution is -2.02. The first-order valence-corrected chi connectivity index (χ1v) is 7.30. The lowest BCUT2D eigenvalue weighted by molar-refractivity contribution is 0.0602. The molecule has 0 aliphatic heterocycles. The van der Waals surface area contributed by atoms with Crippen molar-refractivity contribution in [3.8, 4) is 22.5 Å². The normalized spacial score (nSPS) is 11.1. The van der Waals surface area contributed by atoms with Crippen molar-refractivity contribution in [2.45, 2.75) is 19.8 Å². The number of ether oxygens (including phenoxy) is 1. The molecule has 112 valence electrons. The Hall–Kier alpha value is -2.55. The lowest BCUT2D eigenvalue weighted by Gasteiger charge is -2.02. The molecule has 22 heavy (non-hydrogen) atoms. The number of methoxy groups -OCH3 is 1. The lowest BCUT2D eigenvalue weighted by atomic mass is 10.1. The molecule has 2 aliphatic carbocycles. The van der Waals surface area contributed by atoms with Crippen molar-refractivity contribution in [1.29, 1.82) is 0 Å². The fourth-order valence-electron chi connectivity index (χ4n) is 2.67. The van der Waals surface area contributed by atoms with Gasteiger partial charge in [0.25, 0.3) is 0 Å². The molecule has 0 radical (unpaired) electrons. The molecule has 0 unspecified atom stereocenters. The fraction of sp³-hybridized carbons (Fsp3) is 0.211. The zero-order chi connectivity index (χ0) is 15.7. The molecule has 0 N–H and O–H groups in total. The second kappa shape index (κ2) is 5.68. The molecule has 1 aromatic heterocycles. The summed E-state index contributed by atoms with van der Waals surface area (Å²) < 4.78 is 10.4. The molecular weight excluding hydrogens is 276 g/mol. The van der Waals surface area contributed by atoms with Gasteiger partial charge in [-0.15, -0.1) is 0 Å². The SMILES string of the molecule is COC(=O)c1c2ccc(C(C)C)ccc-2cc1-c1ccco1. The predicted molar refractivity (Wildman–Crippen MR) is 86.2 cm³/mol. The van der Waals surface area contributed by atoms with Crippen LogP contribution in [0.3, 0.4) is 0 Å². The average Bonchev–Trinajstić information content (AvgIpc) is 3.09. The molecule has 2 aliphatic rings. The second-order valence-electron chi connectivity index (χ2n) is 5.59. The Morgan fingerprint density at radius 1 is 1.09 bits per heavy atom. The van der Waals surface area contributed by atoms with E-state index < -0.39 is 0 Å². The molecule has 3 heteroatoms. The van der Waals surface area contributed by atoms with E-state index in [1.54, 1.807) is 6.26 Å². The highest BCUT2D eigenvalue weighted by Crippen LogP contribution is 2.38. The van der Waals surface area contributed by atoms with Gasteiger partial charge in [-0.3, -0.25) is 0 Å². The molecule has 0 bridgehead atoms. The molecule has 0 aromatic carbocycles. The molecule has 1 aromatic rings. The van der Waals surface area contributed by atoms with Crippen LogP contribution in [0.15, 0.2) is 53.1 Å². The maximum atomic E-state index is 12.3. The Balaban J connectivity index is 2.26. The third-order valence-corrected chi connectivity index (χ3v) is 3.89. The van der Waals surface area contributed by atoms with Crippen LogP contribution >= 0.6 is 0 Å². The molecule has 3 rings (SSSR count). The monoisotopic (exact) mass is 294 g/mol. The van der Waals surface area contributed by atoms with Crippen LogP contribution in [-0.2, 0) is 4.74 Å². The number of hydrogen-bond acceptors (Lipinski definition) is 3. The van der Waals surface area contributed by atoms with E-state index in [0.717, 1.165) is 16.7 Å². The molecule has 0 saturated carbocycles. The van der Waals surface area contributed by atoms with Gasteiger partial charge in [0.1, 0.15) is 5.76 Å². The number of fused-ring (bicyclic) bond motifs is 1. The number of furan rings is 1. The summed E-state index contributed by atoms with van der Waals surface area (Å²) in [4.78, 5) is 12.3. The minimum atomic E-state index is -0.348. The number of carbonyl (C=O) groups is 1. The number of carbonyl (C=O) groups excluding carboxylic acids is 1. The van der Waals surface area contributed by atoms with Crippen molar-refractivity contribution in [3.05, 3.63) is 59.9 Å². The van der Waals surface area contributed by atoms with E-state index in [4.69, 9.17) is 9.15 Å². The number of hydrogen-bond donors (Lipinski definition) is 0. The zero-order valence-electron chi connectivity index (χ0n) is 12.9. The number of rotatable bonds is 3. The van der Waals surface area contributed by atoms with Gasteiger partial charge < -0.3 is 9.15 Å². The van der Waals surface area contributed by atoms with Gasteiger partial charge in [-0.1, -0.05) is 38.1 Å². The van der Waals surface area contributed by atoms with Crippen LogP contribution in [0, 0.1) is 0 Å². The van der Waals surface area contributed by atoms with Crippen molar-refractivity contribution >= 4 is 5.97 Å². The van der Waals surface area contributed by atoms with Crippen LogP contribution in [0.1, 0.15) is 35.7 Å². The molecule has 0 saturated heterocycles. The summed E-state index contributed by atoms with van der Waals surface area (Å²) in [5, 5.41) is 0. The van der Waals surface area contributed by atoms with E-state index in [1.807, 2.05) is 30.3 Å². The van der Waals surface area contributed by atoms with Crippen LogP contribution in [0.4, 0.5) is 0 Å². The van der Waals surface area contributed by atoms with Gasteiger partial charge in [-0.2, -0.15) is 0 Å². The standard InChI is InChI=1S/C19H18O3/c1-12(2)13-6-7-14-11-16(17-5-4-10-22-17)18(19(20)21-3)15(14)9-8-13/h4-12H,1-3H3. The van der Waals surface area contributed by atoms with Crippen LogP contribution in [0.2, 0.25) is 0 Å². The molecule has 0 fully saturated rings. The Morgan fingerprint density at radius 2 is 1.86 bits per heavy atom. The second-order valence-corrected chi connectivity index (χ2v) is 5.59. The minimum Gasteiger partial charge on any atom is -0.465 e. The van der Waals surface area contributed by atoms with Gasteiger partial charge in [0.05, 0.1) is 18.9 Å². The molecule has 0 amide bonds. The molecule has 3 nitrogen and oxygen atoms in total. The summed E-state index contributed by atoms with van der Waals surface area (Å²) in [6.07, 6.45) is 1.60. The summed E-state index contributed by atoms with van der Waals surface area (Å²) in [6, 6.07) is 13.8. The van der Waals surface area contributed by atoms with Gasteiger partial charge in [0.2, 0.25) is 0 Å². The molecular formula is C19H18O3. The third-order valence-electron chi connectivity index (χ3n) is 3.89. The Labute approximate surface area is 129 Å². The smallest absolute Gasteiger partial charge is 0.339 e. The highest BCUT2D eigenvalue weighted by molar-refractivity contribution is 6.06. The Kier molecular flexibility index (Phi) is 3.72. The summed E-state index contributed by atoms with van der Waals surface area (Å²) in [6.45, 7) is 4.30. The van der Waals surface area contributed by atoms with Crippen LogP contribution in [0.5, 0.6) is 0 Å². The molecule has 0 atom stereocenters. The first-order chi connectivity index (χ1) is 10.6. The first kappa shape index (κ1) is 14.4. The average molecular weight is 294 g/mol. The van der Waals surface area contributed by atoms with E-state index in [1.165, 1.54) is 12.7 Å². The summed E-state index contributed by atoms with van der Waals surface area (Å²) in [5.41, 5.74) is 4.43. The Bertz CT molecular complexity index is 770. The largest absolute Gasteiger partial charge is 0.465 e. The molecule has 1 heterocycles. The highest BCUT2D eigenvalue weighted by atomic mass is 16.5. The van der Waals surface area contributed by atoms with E-state index in [9.17, 15) is 4.79 Å². The quantitative estimate of drug-likeness (QED) is 0.641. The maximum absolute atomic E-state index is 12.3. The van der Waals surface area contributed by atoms with Crippen molar-refractivity contribution in [1.82, 2.24) is 0 Å². The van der Waals surface area contributed by atoms with E-state index in [-0.39, 0.29) is 5.97 Å². The van der Waals surface area contributed by atoms with Gasteiger partial charge >= 0.3 is 5.97 Å².